The van der Waals surface area contributed by atoms with Crippen LogP contribution >= 0.6 is 11.6 Å². The molecular weight excluding hydrogens is 340 g/mol. The Bertz CT molecular complexity index is 499. The highest BCUT2D eigenvalue weighted by Crippen LogP contribution is 2.10. The van der Waals surface area contributed by atoms with Gasteiger partial charge in [-0.05, 0) is 24.1 Å². The smallest absolute Gasteiger partial charge is 0.306 e. The number of halogens is 1. The van der Waals surface area contributed by atoms with Gasteiger partial charge in [-0.3, -0.25) is 9.59 Å². The summed E-state index contributed by atoms with van der Waals surface area (Å²) in [7, 11) is 0. The van der Waals surface area contributed by atoms with Gasteiger partial charge in [0.25, 0.3) is 0 Å². The lowest BCUT2D eigenvalue weighted by Gasteiger charge is -2.06. The zero-order valence-corrected chi connectivity index (χ0v) is 15.9. The van der Waals surface area contributed by atoms with Gasteiger partial charge in [0.15, 0.2) is 0 Å². The molecule has 4 nitrogen and oxygen atoms in total. The van der Waals surface area contributed by atoms with Crippen LogP contribution in [0.25, 0.3) is 0 Å². The Hall–Kier alpha value is -1.55. The summed E-state index contributed by atoms with van der Waals surface area (Å²) in [6.45, 7) is 2.92. The van der Waals surface area contributed by atoms with Gasteiger partial charge >= 0.3 is 11.9 Å². The van der Waals surface area contributed by atoms with E-state index in [0.717, 1.165) is 18.4 Å². The number of benzene rings is 1. The fourth-order valence-corrected chi connectivity index (χ4v) is 2.48. The topological polar surface area (TPSA) is 52.6 Å². The van der Waals surface area contributed by atoms with E-state index in [1.807, 2.05) is 12.1 Å². The van der Waals surface area contributed by atoms with Gasteiger partial charge in [-0.1, -0.05) is 62.8 Å². The zero-order chi connectivity index (χ0) is 18.3. The van der Waals surface area contributed by atoms with E-state index >= 15 is 0 Å². The second kappa shape index (κ2) is 13.7. The standard InChI is InChI=1S/C20H29ClO4/c1-2-3-4-5-6-7-15-24-19(22)12-13-20(23)25-16-14-17-8-10-18(21)11-9-17/h8-11H,2-7,12-16H2,1H3. The van der Waals surface area contributed by atoms with Crippen molar-refractivity contribution in [2.75, 3.05) is 13.2 Å². The highest BCUT2D eigenvalue weighted by atomic mass is 35.5. The first-order valence-electron chi connectivity index (χ1n) is 9.17. The van der Waals surface area contributed by atoms with Crippen molar-refractivity contribution in [3.63, 3.8) is 0 Å². The van der Waals surface area contributed by atoms with E-state index < -0.39 is 0 Å². The quantitative estimate of drug-likeness (QED) is 0.358. The van der Waals surface area contributed by atoms with Gasteiger partial charge in [0, 0.05) is 11.4 Å². The maximum atomic E-state index is 11.6. The number of rotatable bonds is 13. The Morgan fingerprint density at radius 3 is 2.04 bits per heavy atom. The van der Waals surface area contributed by atoms with E-state index in [1.165, 1.54) is 25.7 Å². The first-order valence-corrected chi connectivity index (χ1v) is 9.55. The minimum Gasteiger partial charge on any atom is -0.466 e. The fourth-order valence-electron chi connectivity index (χ4n) is 2.35. The van der Waals surface area contributed by atoms with Gasteiger partial charge in [0.1, 0.15) is 0 Å². The summed E-state index contributed by atoms with van der Waals surface area (Å²) in [6.07, 6.45) is 7.67. The minimum absolute atomic E-state index is 0.0654. The highest BCUT2D eigenvalue weighted by Gasteiger charge is 2.09. The van der Waals surface area contributed by atoms with Gasteiger partial charge < -0.3 is 9.47 Å². The molecule has 0 N–H and O–H groups in total. The van der Waals surface area contributed by atoms with Crippen LogP contribution in [0.15, 0.2) is 24.3 Å². The molecule has 0 unspecified atom stereocenters. The number of carbonyl (C=O) groups excluding carboxylic acids is 2. The fraction of sp³-hybridized carbons (Fsp3) is 0.600. The van der Waals surface area contributed by atoms with Crippen LogP contribution in [0.3, 0.4) is 0 Å². The average Bonchev–Trinajstić information content (AvgIpc) is 2.61. The summed E-state index contributed by atoms with van der Waals surface area (Å²) in [6, 6.07) is 7.41. The Morgan fingerprint density at radius 1 is 0.840 bits per heavy atom. The molecule has 1 aromatic carbocycles. The molecule has 5 heteroatoms. The normalized spacial score (nSPS) is 10.5. The molecular formula is C20H29ClO4. The number of esters is 2. The van der Waals surface area contributed by atoms with E-state index in [4.69, 9.17) is 21.1 Å². The summed E-state index contributed by atoms with van der Waals surface area (Å²) in [5.74, 6) is -0.700. The third-order valence-electron chi connectivity index (χ3n) is 3.86. The lowest BCUT2D eigenvalue weighted by Crippen LogP contribution is -2.12. The maximum absolute atomic E-state index is 11.6. The number of ether oxygens (including phenoxy) is 2. The van der Waals surface area contributed by atoms with E-state index in [1.54, 1.807) is 12.1 Å². The number of unbranched alkanes of at least 4 members (excludes halogenated alkanes) is 5. The van der Waals surface area contributed by atoms with Crippen molar-refractivity contribution in [2.45, 2.75) is 64.7 Å². The third-order valence-corrected chi connectivity index (χ3v) is 4.11. The molecule has 1 aromatic rings. The largest absolute Gasteiger partial charge is 0.466 e. The Morgan fingerprint density at radius 2 is 1.40 bits per heavy atom. The molecule has 25 heavy (non-hydrogen) atoms. The van der Waals surface area contributed by atoms with Crippen LogP contribution in [0, 0.1) is 0 Å². The predicted octanol–water partition coefficient (Wildman–Crippen LogP) is 5.11. The Balaban J connectivity index is 1.99. The Labute approximate surface area is 155 Å². The van der Waals surface area contributed by atoms with Crippen molar-refractivity contribution in [1.82, 2.24) is 0 Å². The first-order chi connectivity index (χ1) is 12.1. The molecule has 140 valence electrons. The predicted molar refractivity (Wildman–Crippen MR) is 99.7 cm³/mol. The van der Waals surface area contributed by atoms with Crippen LogP contribution in [-0.4, -0.2) is 25.2 Å². The van der Waals surface area contributed by atoms with Gasteiger partial charge in [-0.15, -0.1) is 0 Å². The van der Waals surface area contributed by atoms with Crippen molar-refractivity contribution in [1.29, 1.82) is 0 Å². The highest BCUT2D eigenvalue weighted by molar-refractivity contribution is 6.30. The molecule has 0 aliphatic rings. The summed E-state index contributed by atoms with van der Waals surface area (Å²) in [4.78, 5) is 23.2. The molecule has 0 atom stereocenters. The van der Waals surface area contributed by atoms with Crippen molar-refractivity contribution < 1.29 is 19.1 Å². The second-order valence-corrected chi connectivity index (χ2v) is 6.52. The van der Waals surface area contributed by atoms with Gasteiger partial charge in [0.2, 0.25) is 0 Å². The SMILES string of the molecule is CCCCCCCCOC(=O)CCC(=O)OCCc1ccc(Cl)cc1. The number of carbonyl (C=O) groups is 2. The van der Waals surface area contributed by atoms with Gasteiger partial charge in [-0.2, -0.15) is 0 Å². The van der Waals surface area contributed by atoms with Crippen molar-refractivity contribution in [2.24, 2.45) is 0 Å². The molecule has 0 fully saturated rings. The zero-order valence-electron chi connectivity index (χ0n) is 15.1. The molecule has 0 aromatic heterocycles. The lowest BCUT2D eigenvalue weighted by atomic mass is 10.1. The summed E-state index contributed by atoms with van der Waals surface area (Å²) in [5.41, 5.74) is 1.05. The molecule has 0 saturated heterocycles. The van der Waals surface area contributed by atoms with Crippen LogP contribution in [0.5, 0.6) is 0 Å². The molecule has 1 rings (SSSR count). The molecule has 0 amide bonds. The molecule has 0 saturated carbocycles. The Kier molecular flexibility index (Phi) is 11.8. The van der Waals surface area contributed by atoms with Crippen LogP contribution in [-0.2, 0) is 25.5 Å². The van der Waals surface area contributed by atoms with Crippen LogP contribution in [0.4, 0.5) is 0 Å². The van der Waals surface area contributed by atoms with E-state index in [-0.39, 0.29) is 24.8 Å². The summed E-state index contributed by atoms with van der Waals surface area (Å²) < 4.78 is 10.3. The van der Waals surface area contributed by atoms with E-state index in [9.17, 15) is 9.59 Å². The van der Waals surface area contributed by atoms with E-state index in [0.29, 0.717) is 24.7 Å². The third kappa shape index (κ3) is 11.6. The summed E-state index contributed by atoms with van der Waals surface area (Å²) in [5, 5.41) is 0.681. The first kappa shape index (κ1) is 21.5. The minimum atomic E-state index is -0.370. The van der Waals surface area contributed by atoms with Gasteiger partial charge in [0.05, 0.1) is 26.1 Å². The molecule has 0 radical (unpaired) electrons. The maximum Gasteiger partial charge on any atom is 0.306 e. The molecule has 0 aliphatic heterocycles. The number of hydrogen-bond donors (Lipinski definition) is 0. The molecule has 0 aliphatic carbocycles. The monoisotopic (exact) mass is 368 g/mol. The van der Waals surface area contributed by atoms with Crippen LogP contribution < -0.4 is 0 Å². The molecule has 0 bridgehead atoms. The number of hydrogen-bond acceptors (Lipinski definition) is 4. The van der Waals surface area contributed by atoms with Crippen LogP contribution in [0.2, 0.25) is 5.02 Å². The molecule has 0 heterocycles. The van der Waals surface area contributed by atoms with Gasteiger partial charge in [-0.25, -0.2) is 0 Å². The van der Waals surface area contributed by atoms with Crippen molar-refractivity contribution in [3.05, 3.63) is 34.9 Å². The lowest BCUT2D eigenvalue weighted by molar-refractivity contribution is -0.150. The summed E-state index contributed by atoms with van der Waals surface area (Å²) >= 11 is 5.81. The average molecular weight is 369 g/mol. The van der Waals surface area contributed by atoms with Crippen molar-refractivity contribution in [3.8, 4) is 0 Å². The van der Waals surface area contributed by atoms with Crippen LogP contribution in [0.1, 0.15) is 63.9 Å². The van der Waals surface area contributed by atoms with Crippen molar-refractivity contribution >= 4 is 23.5 Å². The molecule has 0 spiro atoms. The van der Waals surface area contributed by atoms with E-state index in [2.05, 4.69) is 6.92 Å². The second-order valence-electron chi connectivity index (χ2n) is 6.09.